The standard InChI is InChI=1S/C21H24BrFO5/c1-4-5-11-27-20-16(21(25)28-14-9-7-6-8-10-14)13(2)19(23)17(18(20)22)15(12-24)26-3/h6-10,15,24H,4-5,11-12H2,1-3H3. The number of para-hydroxylation sites is 1. The minimum Gasteiger partial charge on any atom is -0.491 e. The summed E-state index contributed by atoms with van der Waals surface area (Å²) < 4.78 is 31.8. The van der Waals surface area contributed by atoms with Crippen molar-refractivity contribution in [1.82, 2.24) is 0 Å². The van der Waals surface area contributed by atoms with E-state index in [0.717, 1.165) is 12.8 Å². The first kappa shape index (κ1) is 22.3. The summed E-state index contributed by atoms with van der Waals surface area (Å²) in [5.74, 6) is -0.856. The van der Waals surface area contributed by atoms with E-state index in [1.165, 1.54) is 14.0 Å². The van der Waals surface area contributed by atoms with E-state index in [1.807, 2.05) is 6.92 Å². The minimum absolute atomic E-state index is 0.000809. The van der Waals surface area contributed by atoms with Crippen LogP contribution in [0.25, 0.3) is 0 Å². The average Bonchev–Trinajstić information content (AvgIpc) is 2.70. The second kappa shape index (κ2) is 10.5. The number of methoxy groups -OCH3 is 1. The molecule has 0 bridgehead atoms. The molecule has 0 heterocycles. The zero-order chi connectivity index (χ0) is 20.7. The predicted octanol–water partition coefficient (Wildman–Crippen LogP) is 4.97. The summed E-state index contributed by atoms with van der Waals surface area (Å²) in [6.45, 7) is 3.41. The van der Waals surface area contributed by atoms with Gasteiger partial charge in [0.25, 0.3) is 0 Å². The molecule has 5 nitrogen and oxygen atoms in total. The molecule has 7 heteroatoms. The number of carbonyl (C=O) groups excluding carboxylic acids is 1. The third-order valence-electron chi connectivity index (χ3n) is 4.28. The summed E-state index contributed by atoms with van der Waals surface area (Å²) in [5, 5.41) is 9.55. The number of hydrogen-bond acceptors (Lipinski definition) is 5. The maximum atomic E-state index is 15.1. The van der Waals surface area contributed by atoms with E-state index in [4.69, 9.17) is 14.2 Å². The Morgan fingerprint density at radius 1 is 1.29 bits per heavy atom. The van der Waals surface area contributed by atoms with Gasteiger partial charge in [0.15, 0.2) is 0 Å². The number of aliphatic hydroxyl groups is 1. The summed E-state index contributed by atoms with van der Waals surface area (Å²) in [7, 11) is 1.37. The Hall–Kier alpha value is -1.96. The molecule has 2 rings (SSSR count). The lowest BCUT2D eigenvalue weighted by atomic mass is 9.99. The fourth-order valence-electron chi connectivity index (χ4n) is 2.72. The fraction of sp³-hybridized carbons (Fsp3) is 0.381. The highest BCUT2D eigenvalue weighted by Gasteiger charge is 2.30. The van der Waals surface area contributed by atoms with Crippen LogP contribution in [0.4, 0.5) is 4.39 Å². The van der Waals surface area contributed by atoms with Gasteiger partial charge in [-0.15, -0.1) is 0 Å². The molecular weight excluding hydrogens is 431 g/mol. The normalized spacial score (nSPS) is 11.9. The Morgan fingerprint density at radius 2 is 1.96 bits per heavy atom. The molecule has 0 aromatic heterocycles. The van der Waals surface area contributed by atoms with E-state index in [1.54, 1.807) is 30.3 Å². The summed E-state index contributed by atoms with van der Waals surface area (Å²) in [6, 6.07) is 8.54. The van der Waals surface area contributed by atoms with Gasteiger partial charge in [0.05, 0.1) is 17.7 Å². The molecule has 0 spiro atoms. The van der Waals surface area contributed by atoms with E-state index in [9.17, 15) is 9.90 Å². The van der Waals surface area contributed by atoms with Gasteiger partial charge in [0.2, 0.25) is 0 Å². The topological polar surface area (TPSA) is 65.0 Å². The molecular formula is C21H24BrFO5. The van der Waals surface area contributed by atoms with Crippen LogP contribution < -0.4 is 9.47 Å². The number of rotatable bonds is 9. The third kappa shape index (κ3) is 4.90. The molecule has 0 aliphatic rings. The summed E-state index contributed by atoms with van der Waals surface area (Å²) >= 11 is 3.34. The molecule has 1 unspecified atom stereocenters. The third-order valence-corrected chi connectivity index (χ3v) is 5.07. The van der Waals surface area contributed by atoms with E-state index < -0.39 is 24.5 Å². The van der Waals surface area contributed by atoms with Crippen molar-refractivity contribution in [1.29, 1.82) is 0 Å². The number of hydrogen-bond donors (Lipinski definition) is 1. The summed E-state index contributed by atoms with van der Waals surface area (Å²) in [6.07, 6.45) is 0.756. The van der Waals surface area contributed by atoms with Crippen LogP contribution in [0.1, 0.15) is 47.4 Å². The van der Waals surface area contributed by atoms with Crippen LogP contribution in [-0.4, -0.2) is 31.4 Å². The second-order valence-corrected chi connectivity index (χ2v) is 6.98. The van der Waals surface area contributed by atoms with Crippen molar-refractivity contribution in [3.63, 3.8) is 0 Å². The molecule has 0 aliphatic carbocycles. The Kier molecular flexibility index (Phi) is 8.41. The molecule has 28 heavy (non-hydrogen) atoms. The van der Waals surface area contributed by atoms with E-state index in [0.29, 0.717) is 12.4 Å². The lowest BCUT2D eigenvalue weighted by Gasteiger charge is -2.22. The molecule has 0 amide bonds. The molecule has 0 saturated carbocycles. The molecule has 2 aromatic carbocycles. The zero-order valence-electron chi connectivity index (χ0n) is 16.1. The average molecular weight is 455 g/mol. The number of halogens is 2. The Balaban J connectivity index is 2.57. The lowest BCUT2D eigenvalue weighted by Crippen LogP contribution is -2.18. The molecule has 152 valence electrons. The smallest absolute Gasteiger partial charge is 0.347 e. The van der Waals surface area contributed by atoms with E-state index >= 15 is 4.39 Å². The molecule has 0 saturated heterocycles. The highest BCUT2D eigenvalue weighted by Crippen LogP contribution is 2.41. The van der Waals surface area contributed by atoms with Gasteiger partial charge in [0.1, 0.15) is 29.0 Å². The van der Waals surface area contributed by atoms with Crippen molar-refractivity contribution >= 4 is 21.9 Å². The molecule has 2 aromatic rings. The van der Waals surface area contributed by atoms with E-state index in [-0.39, 0.29) is 26.9 Å². The van der Waals surface area contributed by atoms with Crippen LogP contribution in [-0.2, 0) is 4.74 Å². The number of ether oxygens (including phenoxy) is 3. The van der Waals surface area contributed by atoms with Crippen LogP contribution in [0, 0.1) is 12.7 Å². The van der Waals surface area contributed by atoms with Crippen molar-refractivity contribution < 1.29 is 28.5 Å². The predicted molar refractivity (Wildman–Crippen MR) is 107 cm³/mol. The zero-order valence-corrected chi connectivity index (χ0v) is 17.7. The maximum absolute atomic E-state index is 15.1. The number of unbranched alkanes of at least 4 members (excludes halogenated alkanes) is 1. The Bertz CT molecular complexity index is 806. The van der Waals surface area contributed by atoms with Crippen molar-refractivity contribution in [3.8, 4) is 11.5 Å². The van der Waals surface area contributed by atoms with Crippen molar-refractivity contribution in [3.05, 3.63) is 57.3 Å². The van der Waals surface area contributed by atoms with Gasteiger partial charge in [-0.25, -0.2) is 9.18 Å². The SMILES string of the molecule is CCCCOc1c(Br)c(C(CO)OC)c(F)c(C)c1C(=O)Oc1ccccc1. The first-order chi connectivity index (χ1) is 13.5. The largest absolute Gasteiger partial charge is 0.491 e. The van der Waals surface area contributed by atoms with Gasteiger partial charge in [-0.3, -0.25) is 0 Å². The minimum atomic E-state index is -0.902. The quantitative estimate of drug-likeness (QED) is 0.329. The van der Waals surface area contributed by atoms with Crippen molar-refractivity contribution in [2.75, 3.05) is 20.3 Å². The molecule has 1 N–H and O–H groups in total. The fourth-order valence-corrected chi connectivity index (χ4v) is 3.47. The summed E-state index contributed by atoms with van der Waals surface area (Å²) in [5.41, 5.74) is 0.173. The van der Waals surface area contributed by atoms with Crippen LogP contribution >= 0.6 is 15.9 Å². The highest BCUT2D eigenvalue weighted by atomic mass is 79.9. The van der Waals surface area contributed by atoms with Gasteiger partial charge in [0, 0.05) is 18.2 Å². The molecule has 0 radical (unpaired) electrons. The first-order valence-corrected chi connectivity index (χ1v) is 9.80. The van der Waals surface area contributed by atoms with Gasteiger partial charge in [-0.2, -0.15) is 0 Å². The summed E-state index contributed by atoms with van der Waals surface area (Å²) in [4.78, 5) is 12.8. The highest BCUT2D eigenvalue weighted by molar-refractivity contribution is 9.10. The van der Waals surface area contributed by atoms with Crippen LogP contribution in [0.15, 0.2) is 34.8 Å². The number of benzene rings is 2. The molecule has 1 atom stereocenters. The van der Waals surface area contributed by atoms with Gasteiger partial charge < -0.3 is 19.3 Å². The maximum Gasteiger partial charge on any atom is 0.347 e. The van der Waals surface area contributed by atoms with Crippen LogP contribution in [0.3, 0.4) is 0 Å². The van der Waals surface area contributed by atoms with Gasteiger partial charge in [-0.05, 0) is 41.4 Å². The Labute approximate surface area is 172 Å². The van der Waals surface area contributed by atoms with Gasteiger partial charge >= 0.3 is 5.97 Å². The lowest BCUT2D eigenvalue weighted by molar-refractivity contribution is 0.0450. The van der Waals surface area contributed by atoms with Crippen molar-refractivity contribution in [2.45, 2.75) is 32.8 Å². The van der Waals surface area contributed by atoms with Crippen LogP contribution in [0.2, 0.25) is 0 Å². The number of aliphatic hydroxyl groups excluding tert-OH is 1. The van der Waals surface area contributed by atoms with Crippen molar-refractivity contribution in [2.24, 2.45) is 0 Å². The molecule has 0 fully saturated rings. The Morgan fingerprint density at radius 3 is 2.54 bits per heavy atom. The van der Waals surface area contributed by atoms with Crippen LogP contribution in [0.5, 0.6) is 11.5 Å². The molecule has 0 aliphatic heterocycles. The van der Waals surface area contributed by atoms with E-state index in [2.05, 4.69) is 15.9 Å². The second-order valence-electron chi connectivity index (χ2n) is 6.18. The first-order valence-electron chi connectivity index (χ1n) is 9.01. The number of esters is 1. The monoisotopic (exact) mass is 454 g/mol. The number of carbonyl (C=O) groups is 1. The van der Waals surface area contributed by atoms with Gasteiger partial charge in [-0.1, -0.05) is 31.5 Å².